The van der Waals surface area contributed by atoms with Crippen LogP contribution >= 0.6 is 22.9 Å². The van der Waals surface area contributed by atoms with Gasteiger partial charge < -0.3 is 5.32 Å². The molecule has 0 aliphatic rings. The number of carbonyl (C=O) groups is 1. The summed E-state index contributed by atoms with van der Waals surface area (Å²) in [6, 6.07) is 5.82. The minimum atomic E-state index is -0.536. The third kappa shape index (κ3) is 2.82. The Morgan fingerprint density at radius 1 is 1.39 bits per heavy atom. The number of hydrogen-bond donors (Lipinski definition) is 1. The number of rotatable bonds is 3. The molecule has 0 fully saturated rings. The molecule has 0 aliphatic carbocycles. The van der Waals surface area contributed by atoms with E-state index in [0.717, 1.165) is 11.3 Å². The van der Waals surface area contributed by atoms with Gasteiger partial charge in [-0.15, -0.1) is 0 Å². The summed E-state index contributed by atoms with van der Waals surface area (Å²) < 4.78 is 0. The fraction of sp³-hybridized carbons (Fsp3) is 0. The highest BCUT2D eigenvalue weighted by molar-refractivity contribution is 7.17. The largest absolute Gasteiger partial charge is 0.324 e. The predicted octanol–water partition coefficient (Wildman–Crippen LogP) is 2.96. The van der Waals surface area contributed by atoms with E-state index in [1.54, 1.807) is 6.07 Å². The van der Waals surface area contributed by atoms with E-state index in [9.17, 15) is 14.9 Å². The summed E-state index contributed by atoms with van der Waals surface area (Å²) in [5, 5.41) is 13.3. The van der Waals surface area contributed by atoms with E-state index in [4.69, 9.17) is 11.6 Å². The number of pyridine rings is 1. The first kappa shape index (κ1) is 12.5. The summed E-state index contributed by atoms with van der Waals surface area (Å²) in [7, 11) is 0. The first-order chi connectivity index (χ1) is 8.56. The van der Waals surface area contributed by atoms with Gasteiger partial charge in [0, 0.05) is 6.07 Å². The van der Waals surface area contributed by atoms with Gasteiger partial charge in [0.1, 0.15) is 5.15 Å². The van der Waals surface area contributed by atoms with Gasteiger partial charge in [-0.05, 0) is 18.2 Å². The minimum absolute atomic E-state index is 0.0746. The van der Waals surface area contributed by atoms with Crippen molar-refractivity contribution in [2.24, 2.45) is 0 Å². The molecule has 92 valence electrons. The smallest absolute Gasteiger partial charge is 0.320 e. The monoisotopic (exact) mass is 283 g/mol. The molecule has 0 unspecified atom stereocenters. The van der Waals surface area contributed by atoms with Crippen LogP contribution in [0.1, 0.15) is 9.67 Å². The van der Waals surface area contributed by atoms with Gasteiger partial charge in [0.2, 0.25) is 0 Å². The number of aromatic nitrogens is 1. The number of hydrogen-bond acceptors (Lipinski definition) is 5. The van der Waals surface area contributed by atoms with Gasteiger partial charge in [-0.25, -0.2) is 4.98 Å². The Kier molecular flexibility index (Phi) is 3.54. The van der Waals surface area contributed by atoms with Crippen molar-refractivity contribution in [3.63, 3.8) is 0 Å². The van der Waals surface area contributed by atoms with E-state index in [2.05, 4.69) is 10.3 Å². The quantitative estimate of drug-likeness (QED) is 0.533. The lowest BCUT2D eigenvalue weighted by Gasteiger charge is -2.01. The van der Waals surface area contributed by atoms with Crippen molar-refractivity contribution in [1.29, 1.82) is 0 Å². The summed E-state index contributed by atoms with van der Waals surface area (Å²) in [5.41, 5.74) is 0.473. The molecule has 0 bridgehead atoms. The molecule has 0 radical (unpaired) electrons. The zero-order chi connectivity index (χ0) is 13.1. The highest BCUT2D eigenvalue weighted by Gasteiger charge is 2.15. The van der Waals surface area contributed by atoms with Crippen LogP contribution in [0.4, 0.5) is 10.7 Å². The molecule has 6 nitrogen and oxygen atoms in total. The normalized spacial score (nSPS) is 10.1. The average Bonchev–Trinajstić information content (AvgIpc) is 2.81. The molecule has 8 heteroatoms. The maximum Gasteiger partial charge on any atom is 0.324 e. The zero-order valence-electron chi connectivity index (χ0n) is 8.79. The molecular formula is C10H6ClN3O3S. The standard InChI is InChI=1S/C10H6ClN3O3S/c11-8-3-1-6(5-12-8)13-10(15)7-2-4-9(18-7)14(16)17/h1-5H,(H,13,15). The number of nitrogens with zero attached hydrogens (tertiary/aromatic N) is 2. The molecule has 0 saturated carbocycles. The second kappa shape index (κ2) is 5.11. The Balaban J connectivity index is 2.11. The second-order valence-electron chi connectivity index (χ2n) is 3.22. The molecule has 1 N–H and O–H groups in total. The SMILES string of the molecule is O=C(Nc1ccc(Cl)nc1)c1ccc([N+](=O)[O-])s1. The van der Waals surface area contributed by atoms with Crippen LogP contribution in [0.25, 0.3) is 0 Å². The van der Waals surface area contributed by atoms with Gasteiger partial charge in [-0.2, -0.15) is 0 Å². The number of nitro groups is 1. The van der Waals surface area contributed by atoms with Gasteiger partial charge in [0.15, 0.2) is 0 Å². The van der Waals surface area contributed by atoms with Crippen LogP contribution in [0.3, 0.4) is 0 Å². The fourth-order valence-corrected chi connectivity index (χ4v) is 2.02. The van der Waals surface area contributed by atoms with Crippen LogP contribution in [0.5, 0.6) is 0 Å². The lowest BCUT2D eigenvalue weighted by Crippen LogP contribution is -2.10. The lowest BCUT2D eigenvalue weighted by molar-refractivity contribution is -0.380. The van der Waals surface area contributed by atoms with Crippen LogP contribution < -0.4 is 5.32 Å². The van der Waals surface area contributed by atoms with Crippen LogP contribution in [0, 0.1) is 10.1 Å². The molecule has 0 saturated heterocycles. The average molecular weight is 284 g/mol. The first-order valence-electron chi connectivity index (χ1n) is 4.73. The third-order valence-corrected chi connectivity index (χ3v) is 3.24. The summed E-state index contributed by atoms with van der Waals surface area (Å²) in [4.78, 5) is 25.8. The maximum absolute atomic E-state index is 11.8. The van der Waals surface area contributed by atoms with E-state index in [-0.39, 0.29) is 9.88 Å². The molecule has 0 atom stereocenters. The van der Waals surface area contributed by atoms with Crippen molar-refractivity contribution < 1.29 is 9.72 Å². The molecule has 2 heterocycles. The Morgan fingerprint density at radius 2 is 2.17 bits per heavy atom. The Hall–Kier alpha value is -1.99. The van der Waals surface area contributed by atoms with Crippen molar-refractivity contribution in [2.45, 2.75) is 0 Å². The van der Waals surface area contributed by atoms with Crippen molar-refractivity contribution in [2.75, 3.05) is 5.32 Å². The van der Waals surface area contributed by atoms with Crippen molar-refractivity contribution in [1.82, 2.24) is 4.98 Å². The van der Waals surface area contributed by atoms with Gasteiger partial charge in [0.25, 0.3) is 5.91 Å². The van der Waals surface area contributed by atoms with Crippen LogP contribution in [0.2, 0.25) is 5.15 Å². The molecular weight excluding hydrogens is 278 g/mol. The van der Waals surface area contributed by atoms with Crippen molar-refractivity contribution >= 4 is 39.5 Å². The molecule has 0 spiro atoms. The van der Waals surface area contributed by atoms with Gasteiger partial charge >= 0.3 is 5.00 Å². The maximum atomic E-state index is 11.8. The number of anilines is 1. The lowest BCUT2D eigenvalue weighted by atomic mass is 10.4. The van der Waals surface area contributed by atoms with E-state index in [0.29, 0.717) is 10.8 Å². The molecule has 2 aromatic rings. The molecule has 0 aromatic carbocycles. The summed E-state index contributed by atoms with van der Waals surface area (Å²) in [6.45, 7) is 0. The topological polar surface area (TPSA) is 85.1 Å². The minimum Gasteiger partial charge on any atom is -0.320 e. The Labute approximate surface area is 110 Å². The van der Waals surface area contributed by atoms with Gasteiger partial charge in [-0.1, -0.05) is 22.9 Å². The van der Waals surface area contributed by atoms with E-state index >= 15 is 0 Å². The summed E-state index contributed by atoms with van der Waals surface area (Å²) in [6.07, 6.45) is 1.41. The molecule has 2 aromatic heterocycles. The van der Waals surface area contributed by atoms with E-state index in [1.165, 1.54) is 24.4 Å². The number of thiophene rings is 1. The van der Waals surface area contributed by atoms with Crippen molar-refractivity contribution in [3.8, 4) is 0 Å². The second-order valence-corrected chi connectivity index (χ2v) is 4.67. The summed E-state index contributed by atoms with van der Waals surface area (Å²) in [5.74, 6) is -0.419. The fourth-order valence-electron chi connectivity index (χ4n) is 1.19. The van der Waals surface area contributed by atoms with Crippen LogP contribution in [-0.2, 0) is 0 Å². The Bertz CT molecular complexity index is 597. The van der Waals surface area contributed by atoms with E-state index in [1.807, 2.05) is 0 Å². The number of nitrogens with one attached hydrogen (secondary N) is 1. The highest BCUT2D eigenvalue weighted by Crippen LogP contribution is 2.24. The zero-order valence-corrected chi connectivity index (χ0v) is 10.4. The molecule has 2 rings (SSSR count). The summed E-state index contributed by atoms with van der Waals surface area (Å²) >= 11 is 6.42. The number of carbonyl (C=O) groups excluding carboxylic acids is 1. The number of amides is 1. The van der Waals surface area contributed by atoms with Gasteiger partial charge in [0.05, 0.1) is 21.7 Å². The van der Waals surface area contributed by atoms with Crippen LogP contribution in [-0.4, -0.2) is 15.8 Å². The van der Waals surface area contributed by atoms with Gasteiger partial charge in [-0.3, -0.25) is 14.9 Å². The van der Waals surface area contributed by atoms with Crippen LogP contribution in [0.15, 0.2) is 30.5 Å². The first-order valence-corrected chi connectivity index (χ1v) is 5.93. The highest BCUT2D eigenvalue weighted by atomic mass is 35.5. The van der Waals surface area contributed by atoms with E-state index < -0.39 is 10.8 Å². The predicted molar refractivity (Wildman–Crippen MR) is 68.2 cm³/mol. The Morgan fingerprint density at radius 3 is 2.72 bits per heavy atom. The molecule has 1 amide bonds. The third-order valence-electron chi connectivity index (χ3n) is 1.98. The van der Waals surface area contributed by atoms with Crippen molar-refractivity contribution in [3.05, 3.63) is 50.6 Å². The number of halogens is 1. The molecule has 0 aliphatic heterocycles. The molecule has 18 heavy (non-hydrogen) atoms.